The van der Waals surface area contributed by atoms with Gasteiger partial charge in [-0.25, -0.2) is 4.79 Å². The summed E-state index contributed by atoms with van der Waals surface area (Å²) in [5.74, 6) is -2.25. The molecule has 0 bridgehead atoms. The van der Waals surface area contributed by atoms with Gasteiger partial charge in [0.15, 0.2) is 0 Å². The summed E-state index contributed by atoms with van der Waals surface area (Å²) in [5.41, 5.74) is 1.98. The Labute approximate surface area is 110 Å². The van der Waals surface area contributed by atoms with Crippen LogP contribution in [-0.4, -0.2) is 22.2 Å². The average Bonchev–Trinajstić information content (AvgIpc) is 2.39. The molecule has 1 atom stereocenters. The highest BCUT2D eigenvalue weighted by Gasteiger charge is 2.17. The summed E-state index contributed by atoms with van der Waals surface area (Å²) < 4.78 is 0. The summed E-state index contributed by atoms with van der Waals surface area (Å²) in [6, 6.07) is 6.85. The van der Waals surface area contributed by atoms with Gasteiger partial charge < -0.3 is 10.2 Å². The molecule has 0 aliphatic heterocycles. The first-order chi connectivity index (χ1) is 9.08. The molecular formula is C15H14O4. The maximum absolute atomic E-state index is 11.1. The van der Waals surface area contributed by atoms with E-state index in [-0.39, 0.29) is 5.56 Å². The standard InChI is InChI=1S/C15H14O4/c16-14(17)11-7-5-10(6-8-11)9-12-3-1-2-4-13(12)15(18)19/h1-7,11H,8-9H2,(H,16,17)(H,18,19). The Balaban J connectivity index is 2.14. The largest absolute Gasteiger partial charge is 0.481 e. The van der Waals surface area contributed by atoms with Crippen LogP contribution in [0.15, 0.2) is 48.1 Å². The molecule has 1 aliphatic carbocycles. The number of rotatable bonds is 4. The third kappa shape index (κ3) is 3.10. The Hall–Kier alpha value is -2.36. The monoisotopic (exact) mass is 258 g/mol. The Morgan fingerprint density at radius 3 is 2.53 bits per heavy atom. The molecule has 2 rings (SSSR count). The van der Waals surface area contributed by atoms with E-state index in [1.54, 1.807) is 36.4 Å². The molecule has 1 aromatic rings. The molecule has 4 nitrogen and oxygen atoms in total. The van der Waals surface area contributed by atoms with Crippen molar-refractivity contribution < 1.29 is 19.8 Å². The SMILES string of the molecule is O=C(O)c1ccccc1CC1=CCC(C(=O)O)C=C1. The van der Waals surface area contributed by atoms with Crippen molar-refractivity contribution in [2.45, 2.75) is 12.8 Å². The van der Waals surface area contributed by atoms with Gasteiger partial charge in [-0.2, -0.15) is 0 Å². The summed E-state index contributed by atoms with van der Waals surface area (Å²) in [6.45, 7) is 0. The molecule has 0 saturated carbocycles. The van der Waals surface area contributed by atoms with Crippen LogP contribution in [-0.2, 0) is 11.2 Å². The molecule has 1 aromatic carbocycles. The zero-order valence-corrected chi connectivity index (χ0v) is 10.2. The topological polar surface area (TPSA) is 74.6 Å². The van der Waals surface area contributed by atoms with Crippen LogP contribution in [0, 0.1) is 5.92 Å². The average molecular weight is 258 g/mol. The predicted octanol–water partition coefficient (Wildman–Crippen LogP) is 2.51. The molecule has 0 radical (unpaired) electrons. The van der Waals surface area contributed by atoms with Crippen LogP contribution in [0.25, 0.3) is 0 Å². The summed E-state index contributed by atoms with van der Waals surface area (Å²) in [4.78, 5) is 21.9. The Kier molecular flexibility index (Phi) is 3.80. The third-order valence-electron chi connectivity index (χ3n) is 3.14. The van der Waals surface area contributed by atoms with Gasteiger partial charge in [-0.15, -0.1) is 0 Å². The lowest BCUT2D eigenvalue weighted by Crippen LogP contribution is -2.12. The molecule has 0 spiro atoms. The van der Waals surface area contributed by atoms with Gasteiger partial charge in [0.25, 0.3) is 0 Å². The molecule has 4 heteroatoms. The number of aliphatic carboxylic acids is 1. The highest BCUT2D eigenvalue weighted by Crippen LogP contribution is 2.21. The number of carboxylic acid groups (broad SMARTS) is 2. The fraction of sp³-hybridized carbons (Fsp3) is 0.200. The highest BCUT2D eigenvalue weighted by molar-refractivity contribution is 5.89. The normalized spacial score (nSPS) is 17.9. The van der Waals surface area contributed by atoms with Crippen molar-refractivity contribution in [3.05, 3.63) is 59.2 Å². The van der Waals surface area contributed by atoms with Crippen LogP contribution < -0.4 is 0 Å². The van der Waals surface area contributed by atoms with E-state index in [4.69, 9.17) is 10.2 Å². The Morgan fingerprint density at radius 1 is 1.21 bits per heavy atom. The van der Waals surface area contributed by atoms with E-state index in [2.05, 4.69) is 0 Å². The van der Waals surface area contributed by atoms with Gasteiger partial charge in [-0.1, -0.05) is 36.4 Å². The minimum Gasteiger partial charge on any atom is -0.481 e. The highest BCUT2D eigenvalue weighted by atomic mass is 16.4. The summed E-state index contributed by atoms with van der Waals surface area (Å²) in [6.07, 6.45) is 6.24. The van der Waals surface area contributed by atoms with E-state index < -0.39 is 17.9 Å². The summed E-state index contributed by atoms with van der Waals surface area (Å²) >= 11 is 0. The zero-order valence-electron chi connectivity index (χ0n) is 10.2. The molecule has 0 heterocycles. The summed E-state index contributed by atoms with van der Waals surface area (Å²) in [5, 5.41) is 18.0. The Bertz CT molecular complexity index is 569. The van der Waals surface area contributed by atoms with Crippen molar-refractivity contribution in [3.8, 4) is 0 Å². The van der Waals surface area contributed by atoms with Crippen LogP contribution in [0.4, 0.5) is 0 Å². The molecule has 19 heavy (non-hydrogen) atoms. The van der Waals surface area contributed by atoms with Crippen LogP contribution in [0.2, 0.25) is 0 Å². The molecule has 0 aromatic heterocycles. The van der Waals surface area contributed by atoms with E-state index in [1.807, 2.05) is 6.08 Å². The number of hydrogen-bond acceptors (Lipinski definition) is 2. The molecule has 0 fully saturated rings. The van der Waals surface area contributed by atoms with Crippen molar-refractivity contribution >= 4 is 11.9 Å². The number of allylic oxidation sites excluding steroid dienone is 3. The molecule has 0 saturated heterocycles. The minimum atomic E-state index is -0.945. The number of aromatic carboxylic acids is 1. The van der Waals surface area contributed by atoms with E-state index in [9.17, 15) is 9.59 Å². The summed E-state index contributed by atoms with van der Waals surface area (Å²) in [7, 11) is 0. The second kappa shape index (κ2) is 5.52. The van der Waals surface area contributed by atoms with Crippen LogP contribution in [0.5, 0.6) is 0 Å². The smallest absolute Gasteiger partial charge is 0.335 e. The number of hydrogen-bond donors (Lipinski definition) is 2. The van der Waals surface area contributed by atoms with Gasteiger partial charge in [0.1, 0.15) is 0 Å². The fourth-order valence-corrected chi connectivity index (χ4v) is 2.08. The fourth-order valence-electron chi connectivity index (χ4n) is 2.08. The maximum atomic E-state index is 11.1. The molecule has 2 N–H and O–H groups in total. The number of carbonyl (C=O) groups is 2. The van der Waals surface area contributed by atoms with Gasteiger partial charge in [0.05, 0.1) is 11.5 Å². The van der Waals surface area contributed by atoms with Gasteiger partial charge in [0, 0.05) is 0 Å². The van der Waals surface area contributed by atoms with Gasteiger partial charge in [-0.05, 0) is 30.0 Å². The minimum absolute atomic E-state index is 0.289. The first-order valence-electron chi connectivity index (χ1n) is 5.99. The number of carboxylic acids is 2. The lowest BCUT2D eigenvalue weighted by molar-refractivity contribution is -0.139. The molecular weight excluding hydrogens is 244 g/mol. The van der Waals surface area contributed by atoms with E-state index in [0.717, 1.165) is 11.1 Å². The first-order valence-corrected chi connectivity index (χ1v) is 5.99. The molecule has 98 valence electrons. The molecule has 0 amide bonds. The van der Waals surface area contributed by atoms with Crippen LogP contribution in [0.3, 0.4) is 0 Å². The van der Waals surface area contributed by atoms with Crippen LogP contribution >= 0.6 is 0 Å². The predicted molar refractivity (Wildman–Crippen MR) is 70.1 cm³/mol. The maximum Gasteiger partial charge on any atom is 0.335 e. The lowest BCUT2D eigenvalue weighted by Gasteiger charge is -2.13. The zero-order chi connectivity index (χ0) is 13.8. The Morgan fingerprint density at radius 2 is 1.95 bits per heavy atom. The second-order valence-corrected chi connectivity index (χ2v) is 4.46. The van der Waals surface area contributed by atoms with E-state index in [1.165, 1.54) is 0 Å². The molecule has 1 aliphatic rings. The van der Waals surface area contributed by atoms with Crippen molar-refractivity contribution in [1.82, 2.24) is 0 Å². The van der Waals surface area contributed by atoms with Crippen molar-refractivity contribution in [1.29, 1.82) is 0 Å². The van der Waals surface area contributed by atoms with Crippen molar-refractivity contribution in [3.63, 3.8) is 0 Å². The van der Waals surface area contributed by atoms with Gasteiger partial charge >= 0.3 is 11.9 Å². The van der Waals surface area contributed by atoms with Crippen molar-refractivity contribution in [2.75, 3.05) is 0 Å². The third-order valence-corrected chi connectivity index (χ3v) is 3.14. The second-order valence-electron chi connectivity index (χ2n) is 4.46. The van der Waals surface area contributed by atoms with Crippen molar-refractivity contribution in [2.24, 2.45) is 5.92 Å². The first kappa shape index (κ1) is 13.1. The van der Waals surface area contributed by atoms with E-state index >= 15 is 0 Å². The quantitative estimate of drug-likeness (QED) is 0.870. The van der Waals surface area contributed by atoms with Gasteiger partial charge in [0.2, 0.25) is 0 Å². The lowest BCUT2D eigenvalue weighted by atomic mass is 9.92. The molecule has 1 unspecified atom stereocenters. The van der Waals surface area contributed by atoms with Gasteiger partial charge in [-0.3, -0.25) is 4.79 Å². The van der Waals surface area contributed by atoms with E-state index in [0.29, 0.717) is 12.8 Å². The number of benzene rings is 1. The van der Waals surface area contributed by atoms with Crippen LogP contribution in [0.1, 0.15) is 22.3 Å².